The van der Waals surface area contributed by atoms with Gasteiger partial charge in [-0.15, -0.1) is 0 Å². The molecule has 0 aromatic heterocycles. The summed E-state index contributed by atoms with van der Waals surface area (Å²) < 4.78 is 10.9. The van der Waals surface area contributed by atoms with Gasteiger partial charge in [0, 0.05) is 0 Å². The average Bonchev–Trinajstić information content (AvgIpc) is 2.62. The molecule has 0 saturated heterocycles. The quantitative estimate of drug-likeness (QED) is 0.452. The van der Waals surface area contributed by atoms with E-state index in [9.17, 15) is 4.79 Å². The Hall–Kier alpha value is -3.28. The highest BCUT2D eigenvalue weighted by atomic mass is 35.5. The molecule has 0 amide bonds. The first-order valence-corrected chi connectivity index (χ1v) is 7.72. The first kappa shape index (κ1) is 18.1. The van der Waals surface area contributed by atoms with E-state index in [4.69, 9.17) is 31.6 Å². The largest absolute Gasteiger partial charge is 0.490 e. The SMILES string of the molecule is CCOc1cc(C=C(C#N)C#N)ccc1OC(=O)c1ccccc1Cl. The molecular weight excluding hydrogens is 340 g/mol. The standard InChI is InChI=1S/C19H13ClN2O3/c1-2-24-18-10-13(9-14(11-21)12-22)7-8-17(18)25-19(23)15-5-3-4-6-16(15)20/h3-10H,2H2,1H3. The third-order valence-corrected chi connectivity index (χ3v) is 3.45. The highest BCUT2D eigenvalue weighted by molar-refractivity contribution is 6.33. The molecule has 0 N–H and O–H groups in total. The summed E-state index contributed by atoms with van der Waals surface area (Å²) in [6, 6.07) is 14.9. The van der Waals surface area contributed by atoms with E-state index in [1.807, 2.05) is 0 Å². The molecule has 0 heterocycles. The Morgan fingerprint density at radius 3 is 2.52 bits per heavy atom. The number of halogens is 1. The number of nitrogens with zero attached hydrogens (tertiary/aromatic N) is 2. The van der Waals surface area contributed by atoms with Gasteiger partial charge >= 0.3 is 5.97 Å². The summed E-state index contributed by atoms with van der Waals surface area (Å²) in [4.78, 5) is 12.3. The second-order valence-corrected chi connectivity index (χ2v) is 5.20. The van der Waals surface area contributed by atoms with E-state index < -0.39 is 5.97 Å². The van der Waals surface area contributed by atoms with E-state index in [0.29, 0.717) is 17.9 Å². The maximum Gasteiger partial charge on any atom is 0.345 e. The number of benzene rings is 2. The zero-order valence-corrected chi connectivity index (χ0v) is 14.1. The summed E-state index contributed by atoms with van der Waals surface area (Å²) in [7, 11) is 0. The number of esters is 1. The summed E-state index contributed by atoms with van der Waals surface area (Å²) in [6.07, 6.45) is 1.42. The lowest BCUT2D eigenvalue weighted by Gasteiger charge is -2.12. The van der Waals surface area contributed by atoms with Crippen LogP contribution in [0.3, 0.4) is 0 Å². The minimum atomic E-state index is -0.607. The van der Waals surface area contributed by atoms with Gasteiger partial charge < -0.3 is 9.47 Å². The molecular formula is C19H13ClN2O3. The van der Waals surface area contributed by atoms with Crippen molar-refractivity contribution in [3.63, 3.8) is 0 Å². The van der Waals surface area contributed by atoms with Crippen molar-refractivity contribution in [2.24, 2.45) is 0 Å². The predicted octanol–water partition coefficient (Wildman–Crippen LogP) is 4.39. The average molecular weight is 353 g/mol. The van der Waals surface area contributed by atoms with Gasteiger partial charge in [-0.2, -0.15) is 10.5 Å². The van der Waals surface area contributed by atoms with Crippen LogP contribution in [0.2, 0.25) is 5.02 Å². The van der Waals surface area contributed by atoms with Crippen molar-refractivity contribution in [2.45, 2.75) is 6.92 Å². The minimum Gasteiger partial charge on any atom is -0.490 e. The van der Waals surface area contributed by atoms with Gasteiger partial charge in [-0.1, -0.05) is 29.8 Å². The molecule has 5 nitrogen and oxygen atoms in total. The summed E-state index contributed by atoms with van der Waals surface area (Å²) >= 11 is 6.00. The molecule has 0 spiro atoms. The number of hydrogen-bond donors (Lipinski definition) is 0. The van der Waals surface area contributed by atoms with Crippen LogP contribution in [0, 0.1) is 22.7 Å². The Morgan fingerprint density at radius 1 is 1.16 bits per heavy atom. The van der Waals surface area contributed by atoms with Crippen LogP contribution in [0.15, 0.2) is 48.0 Å². The Balaban J connectivity index is 2.34. The van der Waals surface area contributed by atoms with E-state index in [2.05, 4.69) is 0 Å². The smallest absolute Gasteiger partial charge is 0.345 e. The van der Waals surface area contributed by atoms with E-state index in [-0.39, 0.29) is 21.9 Å². The first-order valence-electron chi connectivity index (χ1n) is 7.34. The highest BCUT2D eigenvalue weighted by Crippen LogP contribution is 2.30. The normalized spacial score (nSPS) is 9.44. The van der Waals surface area contributed by atoms with Gasteiger partial charge in [0.1, 0.15) is 17.7 Å². The van der Waals surface area contributed by atoms with Gasteiger partial charge in [-0.25, -0.2) is 4.79 Å². The molecule has 25 heavy (non-hydrogen) atoms. The van der Waals surface area contributed by atoms with E-state index >= 15 is 0 Å². The Kier molecular flexibility index (Phi) is 6.17. The van der Waals surface area contributed by atoms with Crippen molar-refractivity contribution < 1.29 is 14.3 Å². The van der Waals surface area contributed by atoms with Crippen molar-refractivity contribution in [2.75, 3.05) is 6.61 Å². The fourth-order valence-electron chi connectivity index (χ4n) is 2.00. The Labute approximate surface area is 150 Å². The monoisotopic (exact) mass is 352 g/mol. The molecule has 2 rings (SSSR count). The Bertz CT molecular complexity index is 892. The molecule has 2 aromatic carbocycles. The van der Waals surface area contributed by atoms with E-state index in [1.54, 1.807) is 55.5 Å². The lowest BCUT2D eigenvalue weighted by atomic mass is 10.1. The van der Waals surface area contributed by atoms with Crippen LogP contribution in [0.5, 0.6) is 11.5 Å². The van der Waals surface area contributed by atoms with Gasteiger partial charge in [0.2, 0.25) is 0 Å². The Morgan fingerprint density at radius 2 is 1.88 bits per heavy atom. The fourth-order valence-corrected chi connectivity index (χ4v) is 2.22. The van der Waals surface area contributed by atoms with E-state index in [1.165, 1.54) is 12.1 Å². The summed E-state index contributed by atoms with van der Waals surface area (Å²) in [5, 5.41) is 18.0. The molecule has 0 aliphatic carbocycles. The molecule has 2 aromatic rings. The van der Waals surface area contributed by atoms with Gasteiger partial charge in [0.05, 0.1) is 17.2 Å². The predicted molar refractivity (Wildman–Crippen MR) is 93.2 cm³/mol. The molecule has 6 heteroatoms. The van der Waals surface area contributed by atoms with Crippen molar-refractivity contribution in [1.29, 1.82) is 10.5 Å². The van der Waals surface area contributed by atoms with Gasteiger partial charge in [-0.3, -0.25) is 0 Å². The fraction of sp³-hybridized carbons (Fsp3) is 0.105. The molecule has 0 unspecified atom stereocenters. The van der Waals surface area contributed by atoms with Crippen molar-refractivity contribution in [1.82, 2.24) is 0 Å². The van der Waals surface area contributed by atoms with E-state index in [0.717, 1.165) is 0 Å². The second-order valence-electron chi connectivity index (χ2n) is 4.79. The number of carbonyl (C=O) groups excluding carboxylic acids is 1. The number of hydrogen-bond acceptors (Lipinski definition) is 5. The lowest BCUT2D eigenvalue weighted by Crippen LogP contribution is -2.10. The number of allylic oxidation sites excluding steroid dienone is 1. The lowest BCUT2D eigenvalue weighted by molar-refractivity contribution is 0.0728. The van der Waals surface area contributed by atoms with Crippen LogP contribution in [0.25, 0.3) is 6.08 Å². The molecule has 0 saturated carbocycles. The van der Waals surface area contributed by atoms with Crippen molar-refractivity contribution in [3.05, 3.63) is 64.2 Å². The van der Waals surface area contributed by atoms with Crippen molar-refractivity contribution >= 4 is 23.6 Å². The molecule has 0 fully saturated rings. The second kappa shape index (κ2) is 8.54. The molecule has 0 aliphatic heterocycles. The molecule has 0 aliphatic rings. The third kappa shape index (κ3) is 4.60. The maximum atomic E-state index is 12.3. The summed E-state index contributed by atoms with van der Waals surface area (Å²) in [5.41, 5.74) is 0.786. The highest BCUT2D eigenvalue weighted by Gasteiger charge is 2.15. The summed E-state index contributed by atoms with van der Waals surface area (Å²) in [5.74, 6) is -0.0594. The van der Waals surface area contributed by atoms with Crippen LogP contribution >= 0.6 is 11.6 Å². The maximum absolute atomic E-state index is 12.3. The zero-order valence-electron chi connectivity index (χ0n) is 13.3. The number of nitriles is 2. The van der Waals surface area contributed by atoms with Gasteiger partial charge in [-0.05, 0) is 42.8 Å². The van der Waals surface area contributed by atoms with Crippen LogP contribution in [0.4, 0.5) is 0 Å². The first-order chi connectivity index (χ1) is 12.1. The van der Waals surface area contributed by atoms with Crippen LogP contribution in [-0.2, 0) is 0 Å². The molecule has 0 radical (unpaired) electrons. The van der Waals surface area contributed by atoms with Gasteiger partial charge in [0.15, 0.2) is 11.5 Å². The van der Waals surface area contributed by atoms with Crippen LogP contribution in [-0.4, -0.2) is 12.6 Å². The number of carbonyl (C=O) groups is 1. The molecule has 124 valence electrons. The zero-order chi connectivity index (χ0) is 18.2. The van der Waals surface area contributed by atoms with Crippen LogP contribution < -0.4 is 9.47 Å². The van der Waals surface area contributed by atoms with Crippen LogP contribution in [0.1, 0.15) is 22.8 Å². The van der Waals surface area contributed by atoms with Gasteiger partial charge in [0.25, 0.3) is 0 Å². The number of rotatable bonds is 5. The molecule has 0 bridgehead atoms. The molecule has 0 atom stereocenters. The van der Waals surface area contributed by atoms with Crippen molar-refractivity contribution in [3.8, 4) is 23.6 Å². The topological polar surface area (TPSA) is 83.1 Å². The minimum absolute atomic E-state index is 0.0386. The third-order valence-electron chi connectivity index (χ3n) is 3.12. The number of ether oxygens (including phenoxy) is 2. The summed E-state index contributed by atoms with van der Waals surface area (Å²) in [6.45, 7) is 2.14.